The van der Waals surface area contributed by atoms with Crippen molar-refractivity contribution in [1.29, 1.82) is 5.26 Å². The maximum Gasteiger partial charge on any atom is 0.419 e. The number of rotatable bonds is 4. The van der Waals surface area contributed by atoms with Gasteiger partial charge in [-0.15, -0.1) is 0 Å². The second-order valence-electron chi connectivity index (χ2n) is 10.0. The average molecular weight is 502 g/mol. The largest absolute Gasteiger partial charge is 0.419 e. The Labute approximate surface area is 200 Å². The summed E-state index contributed by atoms with van der Waals surface area (Å²) in [7, 11) is -2.81. The molecule has 35 heavy (non-hydrogen) atoms. The number of nitrogens with one attached hydrogen (secondary N) is 3. The van der Waals surface area contributed by atoms with Gasteiger partial charge in [0.2, 0.25) is 5.95 Å². The highest BCUT2D eigenvalue weighted by molar-refractivity contribution is 7.72. The quantitative estimate of drug-likeness (QED) is 0.441. The second-order valence-corrected chi connectivity index (χ2v) is 13.1. The number of nitriles is 1. The SMILES string of the molecule is CC1(C)C[C@H](Nc2ncc(C(F)(F)F)c(-c3c[nH]c4c(P5(=O)CCCC5)c(C#N)ccc34)n2)CN1. The minimum Gasteiger partial charge on any atom is -0.360 e. The molecule has 11 heteroatoms. The number of fused-ring (bicyclic) bond motifs is 1. The number of benzene rings is 1. The lowest BCUT2D eigenvalue weighted by Gasteiger charge is -2.18. The highest BCUT2D eigenvalue weighted by Crippen LogP contribution is 2.53. The lowest BCUT2D eigenvalue weighted by molar-refractivity contribution is -0.137. The number of hydrogen-bond acceptors (Lipinski definition) is 6. The molecule has 0 aliphatic carbocycles. The van der Waals surface area contributed by atoms with Crippen molar-refractivity contribution in [2.24, 2.45) is 0 Å². The third-order valence-corrected chi connectivity index (χ3v) is 10.3. The zero-order chi connectivity index (χ0) is 25.0. The van der Waals surface area contributed by atoms with Crippen molar-refractivity contribution in [2.45, 2.75) is 50.9 Å². The van der Waals surface area contributed by atoms with Crippen LogP contribution >= 0.6 is 7.14 Å². The van der Waals surface area contributed by atoms with Crippen molar-refractivity contribution < 1.29 is 17.7 Å². The molecule has 4 heterocycles. The summed E-state index contributed by atoms with van der Waals surface area (Å²) < 4.78 is 55.6. The van der Waals surface area contributed by atoms with Crippen LogP contribution in [0.15, 0.2) is 24.5 Å². The summed E-state index contributed by atoms with van der Waals surface area (Å²) in [6, 6.07) is 5.25. The number of aromatic nitrogens is 3. The minimum atomic E-state index is -4.66. The molecule has 0 spiro atoms. The van der Waals surface area contributed by atoms with E-state index >= 15 is 0 Å². The molecule has 2 aliphatic rings. The summed E-state index contributed by atoms with van der Waals surface area (Å²) in [5.74, 6) is 0.115. The first kappa shape index (κ1) is 23.8. The van der Waals surface area contributed by atoms with E-state index in [1.165, 1.54) is 6.20 Å². The van der Waals surface area contributed by atoms with Crippen molar-refractivity contribution in [3.05, 3.63) is 35.7 Å². The average Bonchev–Trinajstić information content (AvgIpc) is 3.50. The molecule has 184 valence electrons. The molecule has 2 fully saturated rings. The summed E-state index contributed by atoms with van der Waals surface area (Å²) in [6.45, 7) is 4.76. The Balaban J connectivity index is 1.64. The standard InChI is InChI=1S/C24H26F3N6OP/c1-23(2)9-15(11-31-23)32-22-30-13-18(24(25,26)27)19(33-22)17-12-29-20-16(17)6-5-14(10-28)21(20)35(34)7-3-4-8-35/h5-6,12-13,15,29,31H,3-4,7-9,11H2,1-2H3,(H,30,32,33)/t15-/m0/s1. The lowest BCUT2D eigenvalue weighted by Crippen LogP contribution is -2.31. The molecule has 0 unspecified atom stereocenters. The number of anilines is 1. The smallest absolute Gasteiger partial charge is 0.360 e. The third-order valence-electron chi connectivity index (χ3n) is 6.91. The van der Waals surface area contributed by atoms with Crippen LogP contribution in [0, 0.1) is 11.3 Å². The number of hydrogen-bond donors (Lipinski definition) is 3. The molecular formula is C24H26F3N6OP. The van der Waals surface area contributed by atoms with E-state index in [1.807, 2.05) is 0 Å². The molecule has 2 aliphatic heterocycles. The Morgan fingerprint density at radius 1 is 1.26 bits per heavy atom. The van der Waals surface area contributed by atoms with Crippen molar-refractivity contribution in [1.82, 2.24) is 20.3 Å². The molecule has 0 amide bonds. The van der Waals surface area contributed by atoms with Crippen LogP contribution in [-0.4, -0.2) is 45.4 Å². The Morgan fingerprint density at radius 3 is 2.63 bits per heavy atom. The van der Waals surface area contributed by atoms with E-state index in [2.05, 4.69) is 45.5 Å². The fourth-order valence-electron chi connectivity index (χ4n) is 5.27. The van der Waals surface area contributed by atoms with E-state index in [9.17, 15) is 23.0 Å². The van der Waals surface area contributed by atoms with E-state index in [4.69, 9.17) is 0 Å². The molecule has 1 atom stereocenters. The zero-order valence-electron chi connectivity index (χ0n) is 19.5. The van der Waals surface area contributed by atoms with Crippen molar-refractivity contribution >= 4 is 29.3 Å². The second kappa shape index (κ2) is 8.35. The highest BCUT2D eigenvalue weighted by atomic mass is 31.2. The summed E-state index contributed by atoms with van der Waals surface area (Å²) in [5, 5.41) is 17.1. The maximum absolute atomic E-state index is 14.0. The van der Waals surface area contributed by atoms with Gasteiger partial charge in [0.25, 0.3) is 0 Å². The monoisotopic (exact) mass is 502 g/mol. The minimum absolute atomic E-state index is 0.0187. The van der Waals surface area contributed by atoms with Crippen LogP contribution < -0.4 is 15.9 Å². The molecule has 3 N–H and O–H groups in total. The molecule has 3 aromatic rings. The van der Waals surface area contributed by atoms with Crippen molar-refractivity contribution in [3.63, 3.8) is 0 Å². The van der Waals surface area contributed by atoms with Crippen LogP contribution in [0.25, 0.3) is 22.2 Å². The summed E-state index contributed by atoms with van der Waals surface area (Å²) in [6.07, 6.45) is 0.972. The van der Waals surface area contributed by atoms with E-state index in [1.54, 1.807) is 12.1 Å². The summed E-state index contributed by atoms with van der Waals surface area (Å²) in [5.41, 5.74) is -0.311. The van der Waals surface area contributed by atoms with E-state index < -0.39 is 18.9 Å². The van der Waals surface area contributed by atoms with Crippen LogP contribution in [0.2, 0.25) is 0 Å². The van der Waals surface area contributed by atoms with Crippen LogP contribution in [0.5, 0.6) is 0 Å². The van der Waals surface area contributed by atoms with Gasteiger partial charge in [0.15, 0.2) is 0 Å². The number of aromatic amines is 1. The van der Waals surface area contributed by atoms with E-state index in [-0.39, 0.29) is 28.8 Å². The summed E-state index contributed by atoms with van der Waals surface area (Å²) >= 11 is 0. The van der Waals surface area contributed by atoms with Crippen LogP contribution in [0.4, 0.5) is 19.1 Å². The molecule has 2 aromatic heterocycles. The number of nitrogens with zero attached hydrogens (tertiary/aromatic N) is 3. The first-order chi connectivity index (χ1) is 16.5. The van der Waals surface area contributed by atoms with Gasteiger partial charge in [-0.1, -0.05) is 6.07 Å². The fourth-order valence-corrected chi connectivity index (χ4v) is 8.57. The van der Waals surface area contributed by atoms with Crippen LogP contribution in [-0.2, 0) is 10.7 Å². The molecule has 7 nitrogen and oxygen atoms in total. The first-order valence-electron chi connectivity index (χ1n) is 11.6. The number of H-pyrrole nitrogens is 1. The molecule has 5 rings (SSSR count). The zero-order valence-corrected chi connectivity index (χ0v) is 20.4. The van der Waals surface area contributed by atoms with Gasteiger partial charge in [-0.3, -0.25) is 0 Å². The Bertz CT molecular complexity index is 1380. The van der Waals surface area contributed by atoms with Crippen molar-refractivity contribution in [2.75, 3.05) is 24.2 Å². The van der Waals surface area contributed by atoms with E-state index in [0.29, 0.717) is 40.6 Å². The lowest BCUT2D eigenvalue weighted by atomic mass is 10.0. The Morgan fingerprint density at radius 2 is 2.00 bits per heavy atom. The third kappa shape index (κ3) is 4.32. The first-order valence-corrected chi connectivity index (χ1v) is 13.7. The van der Waals surface area contributed by atoms with Crippen LogP contribution in [0.1, 0.15) is 44.2 Å². The normalized spacial score (nSPS) is 21.3. The molecule has 0 radical (unpaired) electrons. The van der Waals surface area contributed by atoms with Gasteiger partial charge >= 0.3 is 6.18 Å². The Kier molecular flexibility index (Phi) is 5.69. The number of alkyl halides is 3. The van der Waals surface area contributed by atoms with Crippen molar-refractivity contribution in [3.8, 4) is 17.3 Å². The highest BCUT2D eigenvalue weighted by Gasteiger charge is 2.38. The maximum atomic E-state index is 14.0. The molecule has 2 saturated heterocycles. The van der Waals surface area contributed by atoms with Gasteiger partial charge in [0.05, 0.1) is 28.1 Å². The molecular weight excluding hydrogens is 476 g/mol. The molecule has 0 saturated carbocycles. The van der Waals surface area contributed by atoms with Gasteiger partial charge in [-0.05, 0) is 39.2 Å². The number of halogens is 3. The van der Waals surface area contributed by atoms with Gasteiger partial charge in [-0.25, -0.2) is 9.97 Å². The predicted octanol–water partition coefficient (Wildman–Crippen LogP) is 4.85. The molecule has 0 bridgehead atoms. The van der Waals surface area contributed by atoms with Gasteiger partial charge in [-0.2, -0.15) is 18.4 Å². The topological polar surface area (TPSA) is 106 Å². The van der Waals surface area contributed by atoms with Gasteiger partial charge in [0, 0.05) is 53.8 Å². The molecule has 1 aromatic carbocycles. The van der Waals surface area contributed by atoms with E-state index in [0.717, 1.165) is 25.5 Å². The van der Waals surface area contributed by atoms with Gasteiger partial charge < -0.3 is 20.2 Å². The van der Waals surface area contributed by atoms with Crippen LogP contribution in [0.3, 0.4) is 0 Å². The Hall–Kier alpha value is -2.89. The summed E-state index contributed by atoms with van der Waals surface area (Å²) in [4.78, 5) is 11.3. The van der Waals surface area contributed by atoms with Gasteiger partial charge in [0.1, 0.15) is 12.7 Å². The predicted molar refractivity (Wildman–Crippen MR) is 129 cm³/mol. The fraction of sp³-hybridized carbons (Fsp3) is 0.458.